The summed E-state index contributed by atoms with van der Waals surface area (Å²) >= 11 is 8.08. The summed E-state index contributed by atoms with van der Waals surface area (Å²) in [5, 5.41) is 11.0. The van der Waals surface area contributed by atoms with Crippen molar-refractivity contribution in [3.63, 3.8) is 0 Å². The lowest BCUT2D eigenvalue weighted by Gasteiger charge is -2.18. The summed E-state index contributed by atoms with van der Waals surface area (Å²) in [6.45, 7) is 0. The molecule has 0 amide bonds. The van der Waals surface area contributed by atoms with Crippen molar-refractivity contribution < 1.29 is 4.79 Å². The zero-order valence-electron chi connectivity index (χ0n) is 21.6. The van der Waals surface area contributed by atoms with E-state index in [1.165, 1.54) is 0 Å². The zero-order chi connectivity index (χ0) is 27.3. The van der Waals surface area contributed by atoms with E-state index in [1.54, 1.807) is 17.4 Å². The summed E-state index contributed by atoms with van der Waals surface area (Å²) < 4.78 is 1.16. The van der Waals surface area contributed by atoms with Gasteiger partial charge in [-0.15, -0.1) is 21.6 Å². The molecule has 0 N–H and O–H groups in total. The number of benzene rings is 4. The number of hydrogen-bond donors (Lipinski definition) is 0. The molecule has 1 heterocycles. The van der Waals surface area contributed by atoms with Crippen LogP contribution in [0.2, 0.25) is 5.02 Å². The Balaban J connectivity index is 1.53. The average molecular weight is 557 g/mol. The summed E-state index contributed by atoms with van der Waals surface area (Å²) in [7, 11) is 0. The van der Waals surface area contributed by atoms with Gasteiger partial charge in [0.25, 0.3) is 0 Å². The average Bonchev–Trinajstić information content (AvgIpc) is 3.41. The van der Waals surface area contributed by atoms with Gasteiger partial charge in [-0.05, 0) is 52.9 Å². The van der Waals surface area contributed by atoms with Crippen molar-refractivity contribution in [2.75, 3.05) is 0 Å². The van der Waals surface area contributed by atoms with Gasteiger partial charge in [-0.3, -0.25) is 4.79 Å². The van der Waals surface area contributed by atoms with Crippen LogP contribution in [-0.4, -0.2) is 5.78 Å². The lowest BCUT2D eigenvalue weighted by Crippen LogP contribution is -2.15. The predicted octanol–water partition coefficient (Wildman–Crippen LogP) is 9.97. The number of fused-ring (bicyclic) bond motifs is 1. The van der Waals surface area contributed by atoms with Crippen LogP contribution in [0.3, 0.4) is 0 Å². The SMILES string of the molecule is O=C1C(Cc2ccccc2)=CC(=C(N=Nc2ccccc2Cl)c2cc3ccccc3s2)C=C1Cc1ccccc1. The van der Waals surface area contributed by atoms with Crippen molar-refractivity contribution in [2.45, 2.75) is 12.8 Å². The molecule has 0 radical (unpaired) electrons. The molecule has 1 aliphatic carbocycles. The van der Waals surface area contributed by atoms with Gasteiger partial charge >= 0.3 is 0 Å². The second kappa shape index (κ2) is 11.8. The van der Waals surface area contributed by atoms with Gasteiger partial charge in [0.05, 0.1) is 9.90 Å². The number of thiophene rings is 1. The molecule has 0 unspecified atom stereocenters. The van der Waals surface area contributed by atoms with E-state index in [0.717, 1.165) is 42.8 Å². The third-order valence-electron chi connectivity index (χ3n) is 6.76. The van der Waals surface area contributed by atoms with E-state index in [-0.39, 0.29) is 5.78 Å². The smallest absolute Gasteiger partial charge is 0.185 e. The number of azo groups is 1. The van der Waals surface area contributed by atoms with Crippen molar-refractivity contribution in [1.29, 1.82) is 0 Å². The molecule has 0 fully saturated rings. The predicted molar refractivity (Wildman–Crippen MR) is 166 cm³/mol. The molecule has 0 spiro atoms. The Morgan fingerprint density at radius 3 is 1.90 bits per heavy atom. The van der Waals surface area contributed by atoms with E-state index in [4.69, 9.17) is 16.7 Å². The van der Waals surface area contributed by atoms with Crippen LogP contribution in [0.25, 0.3) is 15.8 Å². The van der Waals surface area contributed by atoms with Crippen LogP contribution in [0.15, 0.2) is 154 Å². The van der Waals surface area contributed by atoms with Crippen molar-refractivity contribution in [3.8, 4) is 0 Å². The Bertz CT molecular complexity index is 1720. The zero-order valence-corrected chi connectivity index (χ0v) is 23.2. The second-order valence-corrected chi connectivity index (χ2v) is 11.1. The molecule has 5 heteroatoms. The first-order valence-electron chi connectivity index (χ1n) is 13.1. The summed E-state index contributed by atoms with van der Waals surface area (Å²) in [5.41, 5.74) is 5.82. The number of Topliss-reactive ketones (excluding diaryl/α,β-unsaturated/α-hetero) is 1. The summed E-state index contributed by atoms with van der Waals surface area (Å²) in [6, 6.07) is 38.0. The fourth-order valence-electron chi connectivity index (χ4n) is 4.77. The molecule has 6 rings (SSSR count). The summed E-state index contributed by atoms with van der Waals surface area (Å²) in [5.74, 6) is 0.0650. The van der Waals surface area contributed by atoms with Gasteiger partial charge in [0.1, 0.15) is 11.4 Å². The third kappa shape index (κ3) is 5.79. The molecule has 0 aliphatic heterocycles. The number of allylic oxidation sites excluding steroid dienone is 5. The minimum absolute atomic E-state index is 0.0650. The Labute approximate surface area is 242 Å². The maximum atomic E-state index is 13.8. The number of carbonyl (C=O) groups excluding carboxylic acids is 1. The van der Waals surface area contributed by atoms with Gasteiger partial charge in [-0.25, -0.2) is 0 Å². The normalized spacial score (nSPS) is 13.5. The molecule has 194 valence electrons. The molecule has 0 atom stereocenters. The number of halogens is 1. The topological polar surface area (TPSA) is 41.8 Å². The molecular formula is C35H25ClN2OS. The first-order valence-corrected chi connectivity index (χ1v) is 14.3. The molecule has 0 saturated heterocycles. The molecule has 1 aromatic heterocycles. The van der Waals surface area contributed by atoms with Crippen molar-refractivity contribution >= 4 is 50.2 Å². The van der Waals surface area contributed by atoms with Crippen LogP contribution < -0.4 is 0 Å². The van der Waals surface area contributed by atoms with Crippen LogP contribution in [0.1, 0.15) is 16.0 Å². The first-order chi connectivity index (χ1) is 19.6. The summed E-state index contributed by atoms with van der Waals surface area (Å²) in [6.07, 6.45) is 5.04. The highest BCUT2D eigenvalue weighted by molar-refractivity contribution is 7.20. The quantitative estimate of drug-likeness (QED) is 0.184. The Hall–Kier alpha value is -4.38. The number of carbonyl (C=O) groups is 1. The van der Waals surface area contributed by atoms with Crippen LogP contribution in [0.4, 0.5) is 5.69 Å². The highest BCUT2D eigenvalue weighted by Crippen LogP contribution is 2.37. The van der Waals surface area contributed by atoms with Crippen LogP contribution in [0, 0.1) is 0 Å². The minimum Gasteiger partial charge on any atom is -0.289 e. The maximum Gasteiger partial charge on any atom is 0.185 e. The van der Waals surface area contributed by atoms with E-state index in [0.29, 0.717) is 29.2 Å². The van der Waals surface area contributed by atoms with Gasteiger partial charge in [0, 0.05) is 34.3 Å². The molecule has 4 aromatic carbocycles. The van der Waals surface area contributed by atoms with E-state index in [1.807, 2.05) is 78.9 Å². The second-order valence-electron chi connectivity index (χ2n) is 9.60. The standard InChI is InChI=1S/C35H25ClN2OS/c36-30-16-8-9-17-31(30)37-38-34(33-23-26-15-7-10-18-32(26)40-33)27-21-28(19-24-11-3-1-4-12-24)35(39)29(22-27)20-25-13-5-2-6-14-25/h1-18,21-23H,19-20H2. The first kappa shape index (κ1) is 25.9. The largest absolute Gasteiger partial charge is 0.289 e. The maximum absolute atomic E-state index is 13.8. The number of ketones is 1. The number of hydrogen-bond acceptors (Lipinski definition) is 4. The molecule has 40 heavy (non-hydrogen) atoms. The van der Waals surface area contributed by atoms with Crippen LogP contribution in [-0.2, 0) is 17.6 Å². The minimum atomic E-state index is 0.0650. The highest BCUT2D eigenvalue weighted by Gasteiger charge is 2.23. The lowest BCUT2D eigenvalue weighted by atomic mass is 9.86. The van der Waals surface area contributed by atoms with Gasteiger partial charge in [-0.1, -0.05) is 103 Å². The summed E-state index contributed by atoms with van der Waals surface area (Å²) in [4.78, 5) is 14.8. The van der Waals surface area contributed by atoms with E-state index >= 15 is 0 Å². The highest BCUT2D eigenvalue weighted by atomic mass is 35.5. The molecule has 5 aromatic rings. The molecule has 3 nitrogen and oxygen atoms in total. The van der Waals surface area contributed by atoms with Gasteiger partial charge < -0.3 is 0 Å². The number of nitrogens with zero attached hydrogens (tertiary/aromatic N) is 2. The Morgan fingerprint density at radius 1 is 0.700 bits per heavy atom. The van der Waals surface area contributed by atoms with Crippen molar-refractivity contribution in [2.24, 2.45) is 10.2 Å². The monoisotopic (exact) mass is 556 g/mol. The molecule has 1 aliphatic rings. The molecule has 0 saturated carbocycles. The lowest BCUT2D eigenvalue weighted by molar-refractivity contribution is -0.112. The third-order valence-corrected chi connectivity index (χ3v) is 8.20. The van der Waals surface area contributed by atoms with Gasteiger partial charge in [0.2, 0.25) is 0 Å². The fourth-order valence-corrected chi connectivity index (χ4v) is 6.01. The van der Waals surface area contributed by atoms with Crippen LogP contribution in [0.5, 0.6) is 0 Å². The van der Waals surface area contributed by atoms with E-state index in [9.17, 15) is 4.79 Å². The molecular weight excluding hydrogens is 532 g/mol. The van der Waals surface area contributed by atoms with Crippen molar-refractivity contribution in [1.82, 2.24) is 0 Å². The fraction of sp³-hybridized carbons (Fsp3) is 0.0571. The Kier molecular flexibility index (Phi) is 7.62. The number of rotatable bonds is 7. The Morgan fingerprint density at radius 2 is 1.27 bits per heavy atom. The van der Waals surface area contributed by atoms with Crippen LogP contribution >= 0.6 is 22.9 Å². The van der Waals surface area contributed by atoms with Gasteiger partial charge in [-0.2, -0.15) is 0 Å². The van der Waals surface area contributed by atoms with E-state index in [2.05, 4.69) is 47.6 Å². The molecule has 0 bridgehead atoms. The van der Waals surface area contributed by atoms with Gasteiger partial charge in [0.15, 0.2) is 5.78 Å². The van der Waals surface area contributed by atoms with E-state index < -0.39 is 0 Å². The van der Waals surface area contributed by atoms with Crippen molar-refractivity contribution in [3.05, 3.63) is 165 Å².